The zero-order valence-corrected chi connectivity index (χ0v) is 13.4. The molecule has 0 spiro atoms. The van der Waals surface area contributed by atoms with Crippen LogP contribution in [0.4, 0.5) is 0 Å². The van der Waals surface area contributed by atoms with E-state index in [1.807, 2.05) is 7.05 Å². The Bertz CT molecular complexity index is 268. The number of unbranched alkanes of at least 4 members (excludes halogenated alkanes) is 6. The number of hydrogen-bond acceptors (Lipinski definition) is 2. The number of carbonyl (C=O) groups is 1. The molecule has 20 heavy (non-hydrogen) atoms. The molecule has 1 amide bonds. The summed E-state index contributed by atoms with van der Waals surface area (Å²) in [6.07, 6.45) is 13.0. The summed E-state index contributed by atoms with van der Waals surface area (Å²) in [7, 11) is 1.86. The average molecular weight is 283 g/mol. The molecule has 3 heteroatoms. The molecule has 0 bridgehead atoms. The van der Waals surface area contributed by atoms with Crippen molar-refractivity contribution in [3.8, 4) is 0 Å². The number of likely N-dealkylation sites (N-methyl/N-ethyl adjacent to an activating group) is 1. The Balaban J connectivity index is 2.12. The topological polar surface area (TPSA) is 40.5 Å². The van der Waals surface area contributed by atoms with E-state index in [9.17, 15) is 9.90 Å². The zero-order chi connectivity index (χ0) is 14.8. The fourth-order valence-electron chi connectivity index (χ4n) is 3.14. The summed E-state index contributed by atoms with van der Waals surface area (Å²) < 4.78 is 0. The Labute approximate surface area is 124 Å². The molecule has 1 aliphatic carbocycles. The third-order valence-electron chi connectivity index (χ3n) is 4.58. The van der Waals surface area contributed by atoms with Crippen molar-refractivity contribution >= 4 is 5.91 Å². The molecule has 0 aliphatic heterocycles. The normalized spacial score (nSPS) is 22.8. The summed E-state index contributed by atoms with van der Waals surface area (Å²) in [5.41, 5.74) is 0. The Morgan fingerprint density at radius 1 is 1.05 bits per heavy atom. The minimum atomic E-state index is -0.313. The minimum absolute atomic E-state index is 0.0563. The van der Waals surface area contributed by atoms with Crippen molar-refractivity contribution in [1.82, 2.24) is 4.90 Å². The molecule has 3 nitrogen and oxygen atoms in total. The number of aliphatic hydroxyl groups excluding tert-OH is 1. The molecule has 1 rings (SSSR count). The number of carbonyl (C=O) groups excluding carboxylic acids is 1. The van der Waals surface area contributed by atoms with E-state index < -0.39 is 0 Å². The summed E-state index contributed by atoms with van der Waals surface area (Å²) in [6, 6.07) is 0.0563. The standard InChI is InChI=1S/C17H33NO2/c1-3-4-5-6-7-8-9-14-17(20)18(2)15-12-10-11-13-16(15)19/h15-16,19H,3-14H2,1-2H3. The predicted octanol–water partition coefficient (Wildman–Crippen LogP) is 3.89. The summed E-state index contributed by atoms with van der Waals surface area (Å²) >= 11 is 0. The molecule has 1 fully saturated rings. The Kier molecular flexibility index (Phi) is 8.92. The highest BCUT2D eigenvalue weighted by Gasteiger charge is 2.28. The summed E-state index contributed by atoms with van der Waals surface area (Å²) in [6.45, 7) is 2.23. The quantitative estimate of drug-likeness (QED) is 0.652. The van der Waals surface area contributed by atoms with Gasteiger partial charge in [-0.2, -0.15) is 0 Å². The lowest BCUT2D eigenvalue weighted by molar-refractivity contribution is -0.135. The Hall–Kier alpha value is -0.570. The first-order chi connectivity index (χ1) is 9.66. The van der Waals surface area contributed by atoms with Crippen molar-refractivity contribution < 1.29 is 9.90 Å². The van der Waals surface area contributed by atoms with Crippen LogP contribution in [-0.4, -0.2) is 35.1 Å². The van der Waals surface area contributed by atoms with Crippen LogP contribution < -0.4 is 0 Å². The molecule has 2 atom stereocenters. The molecular weight excluding hydrogens is 250 g/mol. The minimum Gasteiger partial charge on any atom is -0.391 e. The first kappa shape index (κ1) is 17.5. The lowest BCUT2D eigenvalue weighted by atomic mass is 9.91. The molecule has 1 aliphatic rings. The molecule has 0 saturated heterocycles. The van der Waals surface area contributed by atoms with Gasteiger partial charge in [-0.15, -0.1) is 0 Å². The predicted molar refractivity (Wildman–Crippen MR) is 83.6 cm³/mol. The summed E-state index contributed by atoms with van der Waals surface area (Å²) in [4.78, 5) is 13.9. The number of rotatable bonds is 9. The van der Waals surface area contributed by atoms with E-state index in [1.165, 1.54) is 32.1 Å². The molecule has 0 radical (unpaired) electrons. The van der Waals surface area contributed by atoms with Crippen LogP contribution in [0.1, 0.15) is 84.0 Å². The molecule has 0 heterocycles. The van der Waals surface area contributed by atoms with Crippen molar-refractivity contribution in [1.29, 1.82) is 0 Å². The van der Waals surface area contributed by atoms with E-state index in [0.29, 0.717) is 6.42 Å². The maximum Gasteiger partial charge on any atom is 0.222 e. The lowest BCUT2D eigenvalue weighted by Gasteiger charge is -2.35. The van der Waals surface area contributed by atoms with Crippen molar-refractivity contribution in [2.75, 3.05) is 7.05 Å². The smallest absolute Gasteiger partial charge is 0.222 e. The van der Waals surface area contributed by atoms with Crippen LogP contribution in [0.25, 0.3) is 0 Å². The van der Waals surface area contributed by atoms with Gasteiger partial charge in [-0.3, -0.25) is 4.79 Å². The van der Waals surface area contributed by atoms with Gasteiger partial charge in [0.05, 0.1) is 12.1 Å². The van der Waals surface area contributed by atoms with Gasteiger partial charge in [0.25, 0.3) is 0 Å². The van der Waals surface area contributed by atoms with Crippen molar-refractivity contribution in [2.24, 2.45) is 0 Å². The van der Waals surface area contributed by atoms with E-state index in [4.69, 9.17) is 0 Å². The lowest BCUT2D eigenvalue weighted by Crippen LogP contribution is -2.46. The van der Waals surface area contributed by atoms with Gasteiger partial charge < -0.3 is 10.0 Å². The van der Waals surface area contributed by atoms with E-state index in [1.54, 1.807) is 4.90 Å². The first-order valence-electron chi connectivity index (χ1n) is 8.60. The van der Waals surface area contributed by atoms with Gasteiger partial charge in [0.2, 0.25) is 5.91 Å². The van der Waals surface area contributed by atoms with Crippen molar-refractivity contribution in [3.05, 3.63) is 0 Å². The molecule has 1 saturated carbocycles. The van der Waals surface area contributed by atoms with Gasteiger partial charge in [0.15, 0.2) is 0 Å². The third-order valence-corrected chi connectivity index (χ3v) is 4.58. The molecule has 0 aromatic heterocycles. The van der Waals surface area contributed by atoms with Gasteiger partial charge in [-0.05, 0) is 19.3 Å². The molecular formula is C17H33NO2. The van der Waals surface area contributed by atoms with Crippen LogP contribution in [0, 0.1) is 0 Å². The highest BCUT2D eigenvalue weighted by atomic mass is 16.3. The third kappa shape index (κ3) is 6.25. The summed E-state index contributed by atoms with van der Waals surface area (Å²) in [5.74, 6) is 0.213. The highest BCUT2D eigenvalue weighted by Crippen LogP contribution is 2.23. The molecule has 118 valence electrons. The van der Waals surface area contributed by atoms with Crippen LogP contribution >= 0.6 is 0 Å². The number of hydrogen-bond donors (Lipinski definition) is 1. The molecule has 2 unspecified atom stereocenters. The van der Waals surface area contributed by atoms with E-state index in [-0.39, 0.29) is 18.1 Å². The van der Waals surface area contributed by atoms with Gasteiger partial charge in [0.1, 0.15) is 0 Å². The SMILES string of the molecule is CCCCCCCCCC(=O)N(C)C1CCCCC1O. The first-order valence-corrected chi connectivity index (χ1v) is 8.60. The van der Waals surface area contributed by atoms with Crippen LogP contribution in [0.15, 0.2) is 0 Å². The fourth-order valence-corrected chi connectivity index (χ4v) is 3.14. The van der Waals surface area contributed by atoms with Crippen LogP contribution in [-0.2, 0) is 4.79 Å². The van der Waals surface area contributed by atoms with E-state index in [2.05, 4.69) is 6.92 Å². The van der Waals surface area contributed by atoms with Crippen LogP contribution in [0.5, 0.6) is 0 Å². The second-order valence-electron chi connectivity index (χ2n) is 6.30. The largest absolute Gasteiger partial charge is 0.391 e. The molecule has 0 aromatic rings. The number of aliphatic hydroxyl groups is 1. The number of nitrogens with zero attached hydrogens (tertiary/aromatic N) is 1. The van der Waals surface area contributed by atoms with Crippen molar-refractivity contribution in [2.45, 2.75) is 96.1 Å². The highest BCUT2D eigenvalue weighted by molar-refractivity contribution is 5.76. The van der Waals surface area contributed by atoms with E-state index >= 15 is 0 Å². The molecule has 1 N–H and O–H groups in total. The van der Waals surface area contributed by atoms with Gasteiger partial charge in [0, 0.05) is 13.5 Å². The molecule has 0 aromatic carbocycles. The Morgan fingerprint density at radius 3 is 2.30 bits per heavy atom. The van der Waals surface area contributed by atoms with Crippen molar-refractivity contribution in [3.63, 3.8) is 0 Å². The van der Waals surface area contributed by atoms with Crippen LogP contribution in [0.2, 0.25) is 0 Å². The second kappa shape index (κ2) is 10.2. The van der Waals surface area contributed by atoms with Gasteiger partial charge >= 0.3 is 0 Å². The maximum atomic E-state index is 12.1. The average Bonchev–Trinajstić information content (AvgIpc) is 2.46. The van der Waals surface area contributed by atoms with E-state index in [0.717, 1.165) is 38.5 Å². The number of amides is 1. The maximum absolute atomic E-state index is 12.1. The second-order valence-corrected chi connectivity index (χ2v) is 6.30. The van der Waals surface area contributed by atoms with Crippen LogP contribution in [0.3, 0.4) is 0 Å². The zero-order valence-electron chi connectivity index (χ0n) is 13.4. The monoisotopic (exact) mass is 283 g/mol. The Morgan fingerprint density at radius 2 is 1.65 bits per heavy atom. The van der Waals surface area contributed by atoms with Gasteiger partial charge in [-0.25, -0.2) is 0 Å². The summed E-state index contributed by atoms with van der Waals surface area (Å²) in [5, 5.41) is 9.99. The fraction of sp³-hybridized carbons (Fsp3) is 0.941. The van der Waals surface area contributed by atoms with Gasteiger partial charge in [-0.1, -0.05) is 58.3 Å².